The monoisotopic (exact) mass is 273 g/mol. The van der Waals surface area contributed by atoms with Gasteiger partial charge in [-0.3, -0.25) is 9.97 Å². The Labute approximate surface area is 123 Å². The van der Waals surface area contributed by atoms with Crippen LogP contribution in [0.25, 0.3) is 24.3 Å². The summed E-state index contributed by atoms with van der Waals surface area (Å²) in [5, 5.41) is 0. The van der Waals surface area contributed by atoms with E-state index in [1.807, 2.05) is 72.8 Å². The molecule has 1 N–H and O–H groups in total. The van der Waals surface area contributed by atoms with E-state index in [0.717, 1.165) is 22.8 Å². The Balaban J connectivity index is 1.69. The Kier molecular flexibility index (Phi) is 4.03. The number of hydrogen-bond donors (Lipinski definition) is 1. The van der Waals surface area contributed by atoms with Gasteiger partial charge in [-0.15, -0.1) is 0 Å². The van der Waals surface area contributed by atoms with E-state index in [2.05, 4.69) is 15.0 Å². The first-order valence-corrected chi connectivity index (χ1v) is 6.77. The van der Waals surface area contributed by atoms with Gasteiger partial charge in [0, 0.05) is 23.8 Å². The second-order valence-corrected chi connectivity index (χ2v) is 4.54. The summed E-state index contributed by atoms with van der Waals surface area (Å²) in [6.07, 6.45) is 11.6. The summed E-state index contributed by atoms with van der Waals surface area (Å²) in [4.78, 5) is 11.8. The predicted molar refractivity (Wildman–Crippen MR) is 87.1 cm³/mol. The predicted octanol–water partition coefficient (Wildman–Crippen LogP) is 4.15. The highest BCUT2D eigenvalue weighted by Gasteiger charge is 1.93. The Bertz CT molecular complexity index is 676. The molecule has 0 unspecified atom stereocenters. The minimum absolute atomic E-state index is 0.942. The molecule has 0 atom stereocenters. The lowest BCUT2D eigenvalue weighted by molar-refractivity contribution is 1.29. The first-order valence-electron chi connectivity index (χ1n) is 6.77. The summed E-state index contributed by atoms with van der Waals surface area (Å²) in [7, 11) is 0. The lowest BCUT2D eigenvalue weighted by Crippen LogP contribution is -1.78. The van der Waals surface area contributed by atoms with Gasteiger partial charge in [0.1, 0.15) is 0 Å². The number of nitrogens with one attached hydrogen (secondary N) is 1. The van der Waals surface area contributed by atoms with Crippen LogP contribution in [0.3, 0.4) is 0 Å². The van der Waals surface area contributed by atoms with Crippen LogP contribution in [0.5, 0.6) is 0 Å². The average molecular weight is 273 g/mol. The summed E-state index contributed by atoms with van der Waals surface area (Å²) in [6, 6.07) is 15.8. The zero-order valence-electron chi connectivity index (χ0n) is 11.5. The van der Waals surface area contributed by atoms with Gasteiger partial charge < -0.3 is 4.98 Å². The fraction of sp³-hybridized carbons (Fsp3) is 0. The number of H-pyrrole nitrogens is 1. The smallest absolute Gasteiger partial charge is 0.0630 e. The number of nitrogens with zero attached hydrogens (tertiary/aromatic N) is 2. The van der Waals surface area contributed by atoms with Crippen LogP contribution in [0.15, 0.2) is 60.9 Å². The summed E-state index contributed by atoms with van der Waals surface area (Å²) in [5.74, 6) is 0. The number of aromatic nitrogens is 3. The molecular formula is C18H15N3. The van der Waals surface area contributed by atoms with Crippen LogP contribution in [-0.4, -0.2) is 15.0 Å². The van der Waals surface area contributed by atoms with E-state index < -0.39 is 0 Å². The van der Waals surface area contributed by atoms with Crippen LogP contribution in [0.1, 0.15) is 22.8 Å². The zero-order chi connectivity index (χ0) is 14.3. The maximum absolute atomic E-state index is 4.25. The fourth-order valence-electron chi connectivity index (χ4n) is 1.92. The summed E-state index contributed by atoms with van der Waals surface area (Å²) < 4.78 is 0. The van der Waals surface area contributed by atoms with E-state index >= 15 is 0 Å². The third kappa shape index (κ3) is 3.76. The number of hydrogen-bond acceptors (Lipinski definition) is 2. The summed E-state index contributed by atoms with van der Waals surface area (Å²) in [5.41, 5.74) is 3.97. The lowest BCUT2D eigenvalue weighted by Gasteiger charge is -1.91. The highest BCUT2D eigenvalue weighted by Crippen LogP contribution is 2.09. The van der Waals surface area contributed by atoms with Gasteiger partial charge >= 0.3 is 0 Å². The van der Waals surface area contributed by atoms with Gasteiger partial charge in [-0.2, -0.15) is 0 Å². The minimum atomic E-state index is 0.942. The molecule has 0 radical (unpaired) electrons. The third-order valence-corrected chi connectivity index (χ3v) is 2.97. The molecule has 0 aliphatic heterocycles. The zero-order valence-corrected chi connectivity index (χ0v) is 11.5. The average Bonchev–Trinajstić information content (AvgIpc) is 3.01. The summed E-state index contributed by atoms with van der Waals surface area (Å²) in [6.45, 7) is 0. The number of rotatable bonds is 4. The Morgan fingerprint density at radius 1 is 0.619 bits per heavy atom. The van der Waals surface area contributed by atoms with Crippen molar-refractivity contribution in [3.8, 4) is 0 Å². The topological polar surface area (TPSA) is 41.6 Å². The van der Waals surface area contributed by atoms with Crippen LogP contribution in [0, 0.1) is 0 Å². The van der Waals surface area contributed by atoms with Crippen molar-refractivity contribution >= 4 is 24.3 Å². The standard InChI is InChI=1S/C18H15N3/c1-3-13-19-15(5-1)7-9-17-11-12-18(21-17)10-8-16-6-2-4-14-20-16/h1-14,21H. The van der Waals surface area contributed by atoms with E-state index in [9.17, 15) is 0 Å². The molecule has 0 fully saturated rings. The van der Waals surface area contributed by atoms with Crippen molar-refractivity contribution in [1.29, 1.82) is 0 Å². The van der Waals surface area contributed by atoms with Crippen molar-refractivity contribution < 1.29 is 0 Å². The molecule has 3 nitrogen and oxygen atoms in total. The van der Waals surface area contributed by atoms with Gasteiger partial charge in [-0.25, -0.2) is 0 Å². The summed E-state index contributed by atoms with van der Waals surface area (Å²) >= 11 is 0. The molecule has 0 aliphatic rings. The van der Waals surface area contributed by atoms with Gasteiger partial charge in [-0.05, 0) is 60.7 Å². The van der Waals surface area contributed by atoms with Gasteiger partial charge in [0.05, 0.1) is 11.4 Å². The molecule has 0 amide bonds. The van der Waals surface area contributed by atoms with Crippen molar-refractivity contribution in [1.82, 2.24) is 15.0 Å². The molecule has 3 heteroatoms. The van der Waals surface area contributed by atoms with E-state index in [0.29, 0.717) is 0 Å². The number of aromatic amines is 1. The first kappa shape index (κ1) is 13.1. The normalized spacial score (nSPS) is 11.4. The quantitative estimate of drug-likeness (QED) is 0.776. The molecule has 21 heavy (non-hydrogen) atoms. The molecular weight excluding hydrogens is 258 g/mol. The van der Waals surface area contributed by atoms with Gasteiger partial charge in [0.15, 0.2) is 0 Å². The van der Waals surface area contributed by atoms with E-state index in [1.165, 1.54) is 0 Å². The van der Waals surface area contributed by atoms with Crippen LogP contribution >= 0.6 is 0 Å². The second-order valence-electron chi connectivity index (χ2n) is 4.54. The maximum Gasteiger partial charge on any atom is 0.0630 e. The van der Waals surface area contributed by atoms with Crippen LogP contribution in [-0.2, 0) is 0 Å². The van der Waals surface area contributed by atoms with Crippen LogP contribution in [0.4, 0.5) is 0 Å². The highest BCUT2D eigenvalue weighted by molar-refractivity contribution is 5.70. The van der Waals surface area contributed by atoms with Crippen molar-refractivity contribution in [2.45, 2.75) is 0 Å². The molecule has 0 aliphatic carbocycles. The molecule has 3 heterocycles. The van der Waals surface area contributed by atoms with Gasteiger partial charge in [0.2, 0.25) is 0 Å². The highest BCUT2D eigenvalue weighted by atomic mass is 14.7. The SMILES string of the molecule is C(=Cc1ccc(C=Cc2ccccn2)[nH]1)c1ccccn1. The van der Waals surface area contributed by atoms with Crippen LogP contribution in [0.2, 0.25) is 0 Å². The molecule has 102 valence electrons. The van der Waals surface area contributed by atoms with Gasteiger partial charge in [-0.1, -0.05) is 12.1 Å². The molecule has 3 aromatic rings. The van der Waals surface area contributed by atoms with E-state index in [-0.39, 0.29) is 0 Å². The van der Waals surface area contributed by atoms with Crippen molar-refractivity contribution in [2.24, 2.45) is 0 Å². The Morgan fingerprint density at radius 2 is 1.14 bits per heavy atom. The van der Waals surface area contributed by atoms with Crippen LogP contribution < -0.4 is 0 Å². The van der Waals surface area contributed by atoms with Crippen molar-refractivity contribution in [2.75, 3.05) is 0 Å². The lowest BCUT2D eigenvalue weighted by atomic mass is 10.3. The molecule has 0 saturated heterocycles. The third-order valence-electron chi connectivity index (χ3n) is 2.97. The minimum Gasteiger partial charge on any atom is -0.356 e. The van der Waals surface area contributed by atoms with Crippen molar-refractivity contribution in [3.05, 3.63) is 83.7 Å². The Hall–Kier alpha value is -2.94. The molecule has 0 bridgehead atoms. The molecule has 0 aromatic carbocycles. The largest absolute Gasteiger partial charge is 0.356 e. The van der Waals surface area contributed by atoms with E-state index in [1.54, 1.807) is 12.4 Å². The van der Waals surface area contributed by atoms with Crippen molar-refractivity contribution in [3.63, 3.8) is 0 Å². The molecule has 3 rings (SSSR count). The molecule has 0 saturated carbocycles. The fourth-order valence-corrected chi connectivity index (χ4v) is 1.92. The van der Waals surface area contributed by atoms with E-state index in [4.69, 9.17) is 0 Å². The molecule has 0 spiro atoms. The molecule has 3 aromatic heterocycles. The van der Waals surface area contributed by atoms with Gasteiger partial charge in [0.25, 0.3) is 0 Å². The first-order chi connectivity index (χ1) is 10.4. The number of pyridine rings is 2. The maximum atomic E-state index is 4.25. The Morgan fingerprint density at radius 3 is 1.57 bits per heavy atom. The second kappa shape index (κ2) is 6.48.